The first-order chi connectivity index (χ1) is 12.8. The van der Waals surface area contributed by atoms with Crippen molar-refractivity contribution in [1.29, 1.82) is 0 Å². The number of aryl methyl sites for hydroxylation is 1. The molecule has 0 bridgehead atoms. The van der Waals surface area contributed by atoms with Crippen molar-refractivity contribution in [3.05, 3.63) is 72.3 Å². The number of rotatable bonds is 6. The molecule has 0 aliphatic carbocycles. The SMILES string of the molecule is Cc1ccc(N2CCCC2CNCc2ccnn2-c2ccncc2)cc1. The van der Waals surface area contributed by atoms with Gasteiger partial charge < -0.3 is 10.2 Å². The maximum absolute atomic E-state index is 4.45. The van der Waals surface area contributed by atoms with Gasteiger partial charge in [-0.05, 0) is 50.1 Å². The minimum Gasteiger partial charge on any atom is -0.367 e. The number of benzene rings is 1. The topological polar surface area (TPSA) is 46.0 Å². The van der Waals surface area contributed by atoms with E-state index >= 15 is 0 Å². The number of aromatic nitrogens is 3. The molecule has 0 amide bonds. The van der Waals surface area contributed by atoms with Crippen LogP contribution >= 0.6 is 0 Å². The van der Waals surface area contributed by atoms with E-state index in [4.69, 9.17) is 0 Å². The van der Waals surface area contributed by atoms with Crippen molar-refractivity contribution in [2.24, 2.45) is 0 Å². The van der Waals surface area contributed by atoms with Crippen molar-refractivity contribution in [2.45, 2.75) is 32.4 Å². The van der Waals surface area contributed by atoms with Crippen LogP contribution in [0.2, 0.25) is 0 Å². The fourth-order valence-corrected chi connectivity index (χ4v) is 3.67. The molecule has 4 rings (SSSR count). The molecule has 1 N–H and O–H groups in total. The predicted molar refractivity (Wildman–Crippen MR) is 105 cm³/mol. The van der Waals surface area contributed by atoms with Gasteiger partial charge in [0.2, 0.25) is 0 Å². The minimum absolute atomic E-state index is 0.551. The molecule has 134 valence electrons. The highest BCUT2D eigenvalue weighted by atomic mass is 15.3. The maximum Gasteiger partial charge on any atom is 0.0679 e. The molecule has 3 aromatic rings. The van der Waals surface area contributed by atoms with Gasteiger partial charge in [-0.3, -0.25) is 4.98 Å². The van der Waals surface area contributed by atoms with Crippen LogP contribution in [0.1, 0.15) is 24.1 Å². The maximum atomic E-state index is 4.45. The number of hydrogen-bond donors (Lipinski definition) is 1. The van der Waals surface area contributed by atoms with Gasteiger partial charge in [0.05, 0.1) is 11.4 Å². The highest BCUT2D eigenvalue weighted by Crippen LogP contribution is 2.25. The summed E-state index contributed by atoms with van der Waals surface area (Å²) < 4.78 is 1.97. The molecular formula is C21H25N5. The Kier molecular flexibility index (Phi) is 4.97. The lowest BCUT2D eigenvalue weighted by molar-refractivity contribution is 0.562. The Morgan fingerprint density at radius 2 is 1.81 bits per heavy atom. The molecule has 5 heteroatoms. The molecule has 1 aliphatic rings. The van der Waals surface area contributed by atoms with Gasteiger partial charge in [-0.25, -0.2) is 4.68 Å². The van der Waals surface area contributed by atoms with Gasteiger partial charge in [0.15, 0.2) is 0 Å². The highest BCUT2D eigenvalue weighted by molar-refractivity contribution is 5.49. The van der Waals surface area contributed by atoms with E-state index in [1.54, 1.807) is 12.4 Å². The molecular weight excluding hydrogens is 322 g/mol. The van der Waals surface area contributed by atoms with Crippen LogP contribution in [0.5, 0.6) is 0 Å². The molecule has 1 saturated heterocycles. The van der Waals surface area contributed by atoms with E-state index in [-0.39, 0.29) is 0 Å². The summed E-state index contributed by atoms with van der Waals surface area (Å²) in [5.74, 6) is 0. The third-order valence-corrected chi connectivity index (χ3v) is 5.06. The predicted octanol–water partition coefficient (Wildman–Crippen LogP) is 3.33. The van der Waals surface area contributed by atoms with Crippen LogP contribution in [0.3, 0.4) is 0 Å². The molecule has 0 radical (unpaired) electrons. The van der Waals surface area contributed by atoms with Gasteiger partial charge in [0.1, 0.15) is 0 Å². The average molecular weight is 347 g/mol. The van der Waals surface area contributed by atoms with Crippen LogP contribution in [-0.4, -0.2) is 33.9 Å². The normalized spacial score (nSPS) is 17.0. The number of anilines is 1. The zero-order valence-electron chi connectivity index (χ0n) is 15.2. The van der Waals surface area contributed by atoms with Crippen molar-refractivity contribution in [3.63, 3.8) is 0 Å². The fraction of sp³-hybridized carbons (Fsp3) is 0.333. The second-order valence-electron chi connectivity index (χ2n) is 6.90. The van der Waals surface area contributed by atoms with E-state index in [1.807, 2.05) is 23.0 Å². The minimum atomic E-state index is 0.551. The zero-order chi connectivity index (χ0) is 17.8. The second-order valence-corrected chi connectivity index (χ2v) is 6.90. The summed E-state index contributed by atoms with van der Waals surface area (Å²) in [5.41, 5.74) is 4.86. The lowest BCUT2D eigenvalue weighted by Gasteiger charge is -2.27. The van der Waals surface area contributed by atoms with Gasteiger partial charge in [-0.15, -0.1) is 0 Å². The highest BCUT2D eigenvalue weighted by Gasteiger charge is 2.24. The first-order valence-electron chi connectivity index (χ1n) is 9.28. The molecule has 1 unspecified atom stereocenters. The van der Waals surface area contributed by atoms with E-state index in [9.17, 15) is 0 Å². The molecule has 1 aliphatic heterocycles. The Morgan fingerprint density at radius 3 is 2.62 bits per heavy atom. The Balaban J connectivity index is 1.38. The van der Waals surface area contributed by atoms with Crippen LogP contribution in [0.4, 0.5) is 5.69 Å². The molecule has 1 aromatic carbocycles. The molecule has 0 spiro atoms. The van der Waals surface area contributed by atoms with Crippen molar-refractivity contribution < 1.29 is 0 Å². The van der Waals surface area contributed by atoms with Gasteiger partial charge in [0, 0.05) is 50.0 Å². The third kappa shape index (κ3) is 3.63. The molecule has 1 atom stereocenters. The van der Waals surface area contributed by atoms with Crippen LogP contribution in [0.15, 0.2) is 61.1 Å². The van der Waals surface area contributed by atoms with Crippen LogP contribution in [-0.2, 0) is 6.54 Å². The number of pyridine rings is 1. The zero-order valence-corrected chi connectivity index (χ0v) is 15.2. The molecule has 5 nitrogen and oxygen atoms in total. The summed E-state index contributed by atoms with van der Waals surface area (Å²) in [6.45, 7) is 5.07. The second kappa shape index (κ2) is 7.70. The van der Waals surface area contributed by atoms with E-state index in [1.165, 1.54) is 24.1 Å². The van der Waals surface area contributed by atoms with Gasteiger partial charge in [0.25, 0.3) is 0 Å². The summed E-state index contributed by atoms with van der Waals surface area (Å²) in [5, 5.41) is 8.08. The van der Waals surface area contributed by atoms with Crippen LogP contribution in [0, 0.1) is 6.92 Å². The lowest BCUT2D eigenvalue weighted by Crippen LogP contribution is -2.38. The number of hydrogen-bond acceptors (Lipinski definition) is 4. The van der Waals surface area contributed by atoms with Gasteiger partial charge in [-0.1, -0.05) is 17.7 Å². The Bertz CT molecular complexity index is 825. The van der Waals surface area contributed by atoms with Crippen LogP contribution in [0.25, 0.3) is 5.69 Å². The number of nitrogens with zero attached hydrogens (tertiary/aromatic N) is 4. The van der Waals surface area contributed by atoms with E-state index in [0.717, 1.165) is 31.0 Å². The Labute approximate surface area is 154 Å². The Morgan fingerprint density at radius 1 is 1.00 bits per heavy atom. The summed E-state index contributed by atoms with van der Waals surface area (Å²) in [7, 11) is 0. The van der Waals surface area contributed by atoms with E-state index in [0.29, 0.717) is 6.04 Å². The summed E-state index contributed by atoms with van der Waals surface area (Å²) in [6, 6.07) is 15.5. The Hall–Kier alpha value is -2.66. The van der Waals surface area contributed by atoms with Gasteiger partial charge >= 0.3 is 0 Å². The lowest BCUT2D eigenvalue weighted by atomic mass is 10.2. The van der Waals surface area contributed by atoms with Crippen LogP contribution < -0.4 is 10.2 Å². The summed E-state index contributed by atoms with van der Waals surface area (Å²) in [6.07, 6.45) is 7.95. The van der Waals surface area contributed by atoms with Gasteiger partial charge in [-0.2, -0.15) is 5.10 Å². The smallest absolute Gasteiger partial charge is 0.0679 e. The van der Waals surface area contributed by atoms with Crippen molar-refractivity contribution in [2.75, 3.05) is 18.0 Å². The molecule has 26 heavy (non-hydrogen) atoms. The van der Waals surface area contributed by atoms with Crippen molar-refractivity contribution in [1.82, 2.24) is 20.1 Å². The molecule has 1 fully saturated rings. The quantitative estimate of drug-likeness (QED) is 0.743. The summed E-state index contributed by atoms with van der Waals surface area (Å²) in [4.78, 5) is 6.61. The molecule has 2 aromatic heterocycles. The van der Waals surface area contributed by atoms with E-state index in [2.05, 4.69) is 57.6 Å². The monoisotopic (exact) mass is 347 g/mol. The largest absolute Gasteiger partial charge is 0.367 e. The molecule has 0 saturated carbocycles. The third-order valence-electron chi connectivity index (χ3n) is 5.06. The van der Waals surface area contributed by atoms with Crippen molar-refractivity contribution in [3.8, 4) is 5.69 Å². The average Bonchev–Trinajstić information content (AvgIpc) is 3.33. The summed E-state index contributed by atoms with van der Waals surface area (Å²) >= 11 is 0. The van der Waals surface area contributed by atoms with Crippen molar-refractivity contribution >= 4 is 5.69 Å². The first kappa shape index (κ1) is 16.8. The molecule has 3 heterocycles. The first-order valence-corrected chi connectivity index (χ1v) is 9.28. The fourth-order valence-electron chi connectivity index (χ4n) is 3.67. The van der Waals surface area contributed by atoms with E-state index < -0.39 is 0 Å². The standard InChI is InChI=1S/C21H25N5/c1-17-4-6-18(7-5-17)25-14-2-3-20(25)15-23-16-21-10-13-24-26(21)19-8-11-22-12-9-19/h4-13,20,23H,2-3,14-16H2,1H3. The number of nitrogens with one attached hydrogen (secondary N) is 1.